The van der Waals surface area contributed by atoms with Gasteiger partial charge in [0.25, 0.3) is 0 Å². The van der Waals surface area contributed by atoms with Crippen LogP contribution in [0, 0.1) is 11.3 Å². The fraction of sp³-hybridized carbons (Fsp3) is 0.882. The third-order valence-corrected chi connectivity index (χ3v) is 3.88. The van der Waals surface area contributed by atoms with Crippen LogP contribution in [-0.2, 0) is 14.3 Å². The number of amides is 1. The first kappa shape index (κ1) is 18.8. The van der Waals surface area contributed by atoms with Crippen molar-refractivity contribution in [2.75, 3.05) is 19.7 Å². The zero-order valence-electron chi connectivity index (χ0n) is 14.9. The summed E-state index contributed by atoms with van der Waals surface area (Å²) in [6, 6.07) is 0. The van der Waals surface area contributed by atoms with Gasteiger partial charge in [-0.3, -0.25) is 4.79 Å². The minimum atomic E-state index is -0.495. The molecular weight excluding hydrogens is 282 g/mol. The fourth-order valence-corrected chi connectivity index (χ4v) is 3.00. The molecule has 0 N–H and O–H groups in total. The maximum atomic E-state index is 12.4. The van der Waals surface area contributed by atoms with Crippen molar-refractivity contribution < 1.29 is 19.1 Å². The molecule has 0 spiro atoms. The average Bonchev–Trinajstić information content (AvgIpc) is 2.36. The van der Waals surface area contributed by atoms with Crippen LogP contribution in [0.2, 0.25) is 0 Å². The minimum absolute atomic E-state index is 0.118. The van der Waals surface area contributed by atoms with Crippen LogP contribution >= 0.6 is 0 Å². The SMILES string of the molecule is CCOC(=O)C1(CC(C)C)CCN(C(=O)OC(C)(C)C)CC1. The van der Waals surface area contributed by atoms with Gasteiger partial charge in [0.1, 0.15) is 5.60 Å². The first-order chi connectivity index (χ1) is 10.1. The molecule has 0 aliphatic carbocycles. The van der Waals surface area contributed by atoms with Gasteiger partial charge >= 0.3 is 12.1 Å². The van der Waals surface area contributed by atoms with E-state index in [2.05, 4.69) is 13.8 Å². The van der Waals surface area contributed by atoms with Crippen LogP contribution in [0.4, 0.5) is 4.79 Å². The minimum Gasteiger partial charge on any atom is -0.466 e. The average molecular weight is 313 g/mol. The van der Waals surface area contributed by atoms with Crippen molar-refractivity contribution in [3.05, 3.63) is 0 Å². The number of esters is 1. The molecule has 0 saturated carbocycles. The first-order valence-electron chi connectivity index (χ1n) is 8.25. The Balaban J connectivity index is 2.72. The van der Waals surface area contributed by atoms with Gasteiger partial charge in [0, 0.05) is 13.1 Å². The zero-order valence-corrected chi connectivity index (χ0v) is 14.9. The highest BCUT2D eigenvalue weighted by Gasteiger charge is 2.44. The second-order valence-electron chi connectivity index (χ2n) is 7.57. The Labute approximate surface area is 134 Å². The second-order valence-corrected chi connectivity index (χ2v) is 7.57. The van der Waals surface area contributed by atoms with E-state index in [0.717, 1.165) is 6.42 Å². The van der Waals surface area contributed by atoms with E-state index in [0.29, 0.717) is 38.5 Å². The first-order valence-corrected chi connectivity index (χ1v) is 8.25. The predicted octanol–water partition coefficient (Wildman–Crippen LogP) is 3.61. The largest absolute Gasteiger partial charge is 0.466 e. The molecule has 1 fully saturated rings. The molecule has 0 aromatic carbocycles. The number of hydrogen-bond donors (Lipinski definition) is 0. The van der Waals surface area contributed by atoms with Crippen LogP contribution in [0.3, 0.4) is 0 Å². The Hall–Kier alpha value is -1.26. The number of carbonyl (C=O) groups is 2. The molecule has 1 heterocycles. The highest BCUT2D eigenvalue weighted by molar-refractivity contribution is 5.77. The molecule has 0 unspecified atom stereocenters. The van der Waals surface area contributed by atoms with Gasteiger partial charge in [0.05, 0.1) is 12.0 Å². The lowest BCUT2D eigenvalue weighted by Gasteiger charge is -2.41. The summed E-state index contributed by atoms with van der Waals surface area (Å²) >= 11 is 0. The van der Waals surface area contributed by atoms with Crippen molar-refractivity contribution >= 4 is 12.1 Å². The molecule has 1 rings (SSSR count). The number of ether oxygens (including phenoxy) is 2. The normalized spacial score (nSPS) is 18.2. The number of likely N-dealkylation sites (tertiary alicyclic amines) is 1. The summed E-state index contributed by atoms with van der Waals surface area (Å²) in [6.07, 6.45) is 1.79. The van der Waals surface area contributed by atoms with Gasteiger partial charge in [0.15, 0.2) is 0 Å². The van der Waals surface area contributed by atoms with Crippen molar-refractivity contribution in [2.24, 2.45) is 11.3 Å². The quantitative estimate of drug-likeness (QED) is 0.744. The van der Waals surface area contributed by atoms with E-state index in [4.69, 9.17) is 9.47 Å². The van der Waals surface area contributed by atoms with Crippen molar-refractivity contribution in [1.29, 1.82) is 0 Å². The molecule has 0 radical (unpaired) electrons. The lowest BCUT2D eigenvalue weighted by Crippen LogP contribution is -2.48. The maximum absolute atomic E-state index is 12.4. The van der Waals surface area contributed by atoms with Gasteiger partial charge in [-0.05, 0) is 52.9 Å². The highest BCUT2D eigenvalue weighted by atomic mass is 16.6. The molecule has 22 heavy (non-hydrogen) atoms. The molecule has 128 valence electrons. The van der Waals surface area contributed by atoms with Crippen LogP contribution in [0.25, 0.3) is 0 Å². The predicted molar refractivity (Wildman–Crippen MR) is 85.6 cm³/mol. The van der Waals surface area contributed by atoms with Gasteiger partial charge in [-0.2, -0.15) is 0 Å². The molecule has 0 bridgehead atoms. The Morgan fingerprint density at radius 1 is 1.18 bits per heavy atom. The molecule has 0 aromatic heterocycles. The smallest absolute Gasteiger partial charge is 0.410 e. The second kappa shape index (κ2) is 7.34. The summed E-state index contributed by atoms with van der Waals surface area (Å²) in [5.41, 5.74) is -0.951. The van der Waals surface area contributed by atoms with Crippen molar-refractivity contribution in [2.45, 2.75) is 66.4 Å². The molecule has 5 heteroatoms. The van der Waals surface area contributed by atoms with Crippen molar-refractivity contribution in [1.82, 2.24) is 4.90 Å². The van der Waals surface area contributed by atoms with Crippen LogP contribution in [0.1, 0.15) is 60.8 Å². The van der Waals surface area contributed by atoms with Crippen LogP contribution in [-0.4, -0.2) is 42.3 Å². The third-order valence-electron chi connectivity index (χ3n) is 3.88. The highest BCUT2D eigenvalue weighted by Crippen LogP contribution is 2.39. The van der Waals surface area contributed by atoms with Crippen LogP contribution in [0.15, 0.2) is 0 Å². The Morgan fingerprint density at radius 3 is 2.14 bits per heavy atom. The lowest BCUT2D eigenvalue weighted by atomic mass is 9.72. The van der Waals surface area contributed by atoms with E-state index in [-0.39, 0.29) is 12.1 Å². The number of piperidine rings is 1. The molecule has 1 aliphatic rings. The molecule has 1 amide bonds. The van der Waals surface area contributed by atoms with Gasteiger partial charge in [0.2, 0.25) is 0 Å². The topological polar surface area (TPSA) is 55.8 Å². The Bertz CT molecular complexity index is 390. The van der Waals surface area contributed by atoms with E-state index in [1.54, 1.807) is 4.90 Å². The van der Waals surface area contributed by atoms with Crippen LogP contribution in [0.5, 0.6) is 0 Å². The summed E-state index contributed by atoms with van der Waals surface area (Å²) in [6.45, 7) is 13.1. The summed E-state index contributed by atoms with van der Waals surface area (Å²) < 4.78 is 10.7. The lowest BCUT2D eigenvalue weighted by molar-refractivity contribution is -0.160. The molecule has 5 nitrogen and oxygen atoms in total. The molecular formula is C17H31NO4. The number of carbonyl (C=O) groups excluding carboxylic acids is 2. The van der Waals surface area contributed by atoms with E-state index in [1.165, 1.54) is 0 Å². The monoisotopic (exact) mass is 313 g/mol. The van der Waals surface area contributed by atoms with Gasteiger partial charge in [-0.1, -0.05) is 13.8 Å². The van der Waals surface area contributed by atoms with Gasteiger partial charge in [-0.15, -0.1) is 0 Å². The van der Waals surface area contributed by atoms with E-state index >= 15 is 0 Å². The van der Waals surface area contributed by atoms with E-state index < -0.39 is 11.0 Å². The number of hydrogen-bond acceptors (Lipinski definition) is 4. The molecule has 0 atom stereocenters. The number of nitrogens with zero attached hydrogens (tertiary/aromatic N) is 1. The summed E-state index contributed by atoms with van der Waals surface area (Å²) in [4.78, 5) is 26.2. The molecule has 0 aromatic rings. The summed E-state index contributed by atoms with van der Waals surface area (Å²) in [5.74, 6) is 0.296. The van der Waals surface area contributed by atoms with Gasteiger partial charge in [-0.25, -0.2) is 4.79 Å². The van der Waals surface area contributed by atoms with Crippen LogP contribution < -0.4 is 0 Å². The summed E-state index contributed by atoms with van der Waals surface area (Å²) in [7, 11) is 0. The standard InChI is InChI=1S/C17H31NO4/c1-7-21-14(19)17(12-13(2)3)8-10-18(11-9-17)15(20)22-16(4,5)6/h13H,7-12H2,1-6H3. The maximum Gasteiger partial charge on any atom is 0.410 e. The molecule has 1 aliphatic heterocycles. The number of rotatable bonds is 4. The Kier molecular flexibility index (Phi) is 6.27. The van der Waals surface area contributed by atoms with Crippen molar-refractivity contribution in [3.8, 4) is 0 Å². The van der Waals surface area contributed by atoms with E-state index in [1.807, 2.05) is 27.7 Å². The van der Waals surface area contributed by atoms with Crippen molar-refractivity contribution in [3.63, 3.8) is 0 Å². The fourth-order valence-electron chi connectivity index (χ4n) is 3.00. The van der Waals surface area contributed by atoms with Gasteiger partial charge < -0.3 is 14.4 Å². The summed E-state index contributed by atoms with van der Waals surface area (Å²) in [5, 5.41) is 0. The zero-order chi connectivity index (χ0) is 17.0. The molecule has 1 saturated heterocycles. The Morgan fingerprint density at radius 2 is 1.73 bits per heavy atom. The van der Waals surface area contributed by atoms with E-state index in [9.17, 15) is 9.59 Å². The third kappa shape index (κ3) is 5.18.